The van der Waals surface area contributed by atoms with Gasteiger partial charge in [-0.2, -0.15) is 0 Å². The first kappa shape index (κ1) is 32.9. The molecule has 2 atom stereocenters. The van der Waals surface area contributed by atoms with Gasteiger partial charge in [0.25, 0.3) is 0 Å². The fourth-order valence-corrected chi connectivity index (χ4v) is 5.05. The normalized spacial score (nSPS) is 12.1. The maximum absolute atomic E-state index is 13.8. The summed E-state index contributed by atoms with van der Waals surface area (Å²) in [6.07, 6.45) is 4.00. The van der Waals surface area contributed by atoms with Crippen molar-refractivity contribution in [1.29, 1.82) is 0 Å². The number of aromatic nitrogens is 1. The van der Waals surface area contributed by atoms with Crippen LogP contribution in [0.1, 0.15) is 29.7 Å². The van der Waals surface area contributed by atoms with Crippen molar-refractivity contribution in [2.24, 2.45) is 11.5 Å². The molecule has 0 saturated heterocycles. The third-order valence-electron chi connectivity index (χ3n) is 7.64. The van der Waals surface area contributed by atoms with Gasteiger partial charge in [-0.3, -0.25) is 14.6 Å². The largest absolute Gasteiger partial charge is 0.368 e. The van der Waals surface area contributed by atoms with E-state index in [0.29, 0.717) is 45.3 Å². The number of nitrogens with one attached hydrogen (secondary N) is 2. The molecule has 6 N–H and O–H groups in total. The molecule has 0 fully saturated rings. The topological polar surface area (TPSA) is 143 Å². The smallest absolute Gasteiger partial charge is 0.318 e. The Hall–Kier alpha value is -5.02. The number of pyridine rings is 1. The van der Waals surface area contributed by atoms with E-state index in [1.54, 1.807) is 11.1 Å². The van der Waals surface area contributed by atoms with Crippen molar-refractivity contribution >= 4 is 17.8 Å². The van der Waals surface area contributed by atoms with Gasteiger partial charge in [0.1, 0.15) is 12.1 Å². The van der Waals surface area contributed by atoms with Crippen molar-refractivity contribution in [3.8, 4) is 11.1 Å². The van der Waals surface area contributed by atoms with E-state index in [4.69, 9.17) is 11.5 Å². The summed E-state index contributed by atoms with van der Waals surface area (Å²) >= 11 is 0. The number of nitrogens with two attached hydrogens (primary N) is 2. The van der Waals surface area contributed by atoms with Gasteiger partial charge in [-0.05, 0) is 60.2 Å². The maximum atomic E-state index is 13.8. The summed E-state index contributed by atoms with van der Waals surface area (Å²) in [5.74, 6) is -1.13. The van der Waals surface area contributed by atoms with Crippen LogP contribution in [-0.4, -0.2) is 59.4 Å². The summed E-state index contributed by atoms with van der Waals surface area (Å²) in [5, 5.41) is 5.72. The quantitative estimate of drug-likeness (QED) is 0.153. The molecule has 4 rings (SSSR count). The monoisotopic (exact) mass is 606 g/mol. The van der Waals surface area contributed by atoms with Gasteiger partial charge in [0.15, 0.2) is 0 Å². The van der Waals surface area contributed by atoms with E-state index in [-0.39, 0.29) is 12.5 Å². The molecule has 45 heavy (non-hydrogen) atoms. The van der Waals surface area contributed by atoms with E-state index in [9.17, 15) is 14.4 Å². The van der Waals surface area contributed by atoms with Crippen LogP contribution in [0, 0.1) is 0 Å². The number of carbonyl (C=O) groups is 3. The maximum Gasteiger partial charge on any atom is 0.318 e. The number of rotatable bonds is 16. The SMILES string of the molecule is NCCC[C@@H](NC(=O)[C@H](Cc1ccc(-c2ccccc2)cc1)NC(=O)N(CCc1ccccc1)CCc1ccccn1)C(N)=O. The van der Waals surface area contributed by atoms with E-state index in [2.05, 4.69) is 15.6 Å². The molecule has 0 radical (unpaired) electrons. The number of benzene rings is 3. The summed E-state index contributed by atoms with van der Waals surface area (Å²) in [4.78, 5) is 45.7. The van der Waals surface area contributed by atoms with Crippen LogP contribution >= 0.6 is 0 Å². The Balaban J connectivity index is 1.53. The number of hydrogen-bond donors (Lipinski definition) is 4. The molecule has 1 heterocycles. The van der Waals surface area contributed by atoms with Gasteiger partial charge in [-0.1, -0.05) is 91.0 Å². The fourth-order valence-electron chi connectivity index (χ4n) is 5.05. The van der Waals surface area contributed by atoms with Crippen molar-refractivity contribution in [2.45, 2.75) is 44.2 Å². The van der Waals surface area contributed by atoms with Crippen molar-refractivity contribution in [1.82, 2.24) is 20.5 Å². The van der Waals surface area contributed by atoms with Crippen LogP contribution in [0.2, 0.25) is 0 Å². The van der Waals surface area contributed by atoms with Crippen LogP contribution in [0.15, 0.2) is 109 Å². The molecule has 3 aromatic carbocycles. The highest BCUT2D eigenvalue weighted by Crippen LogP contribution is 2.20. The Bertz CT molecular complexity index is 1440. The minimum atomic E-state index is -0.950. The molecule has 4 amide bonds. The van der Waals surface area contributed by atoms with E-state index in [0.717, 1.165) is 27.9 Å². The summed E-state index contributed by atoms with van der Waals surface area (Å²) in [6, 6.07) is 31.3. The van der Waals surface area contributed by atoms with Crippen molar-refractivity contribution in [3.05, 3.63) is 126 Å². The third kappa shape index (κ3) is 10.6. The first-order valence-corrected chi connectivity index (χ1v) is 15.4. The van der Waals surface area contributed by atoms with Gasteiger partial charge in [0.05, 0.1) is 0 Å². The van der Waals surface area contributed by atoms with Crippen LogP contribution in [0.3, 0.4) is 0 Å². The van der Waals surface area contributed by atoms with Crippen LogP contribution in [-0.2, 0) is 28.9 Å². The molecule has 0 aliphatic carbocycles. The minimum absolute atomic E-state index is 0.224. The van der Waals surface area contributed by atoms with Gasteiger partial charge in [0.2, 0.25) is 11.8 Å². The lowest BCUT2D eigenvalue weighted by molar-refractivity contribution is -0.128. The second-order valence-electron chi connectivity index (χ2n) is 11.0. The van der Waals surface area contributed by atoms with Gasteiger partial charge in [-0.25, -0.2) is 4.79 Å². The van der Waals surface area contributed by atoms with Crippen molar-refractivity contribution < 1.29 is 14.4 Å². The average molecular weight is 607 g/mol. The standard InChI is InChI=1S/C36H42N6O3/c37-22-9-15-32(34(38)43)40-35(44)33(26-28-16-18-30(19-17-28)29-12-5-2-6-13-29)41-36(45)42(24-20-27-10-3-1-4-11-27)25-21-31-14-7-8-23-39-31/h1-8,10-14,16-19,23,32-33H,9,15,20-22,24-26,37H2,(H2,38,43)(H,40,44)(H,41,45)/t32-,33+/m1/s1. The van der Waals surface area contributed by atoms with E-state index < -0.39 is 23.9 Å². The molecule has 0 aliphatic heterocycles. The van der Waals surface area contributed by atoms with Gasteiger partial charge >= 0.3 is 6.03 Å². The molecule has 0 spiro atoms. The second kappa shape index (κ2) is 17.3. The molecular weight excluding hydrogens is 564 g/mol. The first-order valence-electron chi connectivity index (χ1n) is 15.4. The lowest BCUT2D eigenvalue weighted by Crippen LogP contribution is -2.56. The number of amides is 4. The van der Waals surface area contributed by atoms with E-state index >= 15 is 0 Å². The van der Waals surface area contributed by atoms with Gasteiger partial charge in [0, 0.05) is 37.8 Å². The third-order valence-corrected chi connectivity index (χ3v) is 7.64. The molecule has 9 nitrogen and oxygen atoms in total. The highest BCUT2D eigenvalue weighted by molar-refractivity contribution is 5.91. The molecule has 0 unspecified atom stereocenters. The predicted molar refractivity (Wildman–Crippen MR) is 177 cm³/mol. The highest BCUT2D eigenvalue weighted by Gasteiger charge is 2.27. The number of urea groups is 1. The molecule has 234 valence electrons. The van der Waals surface area contributed by atoms with E-state index in [1.165, 1.54) is 0 Å². The van der Waals surface area contributed by atoms with Gasteiger partial charge < -0.3 is 27.0 Å². The Morgan fingerprint density at radius 2 is 1.36 bits per heavy atom. The summed E-state index contributed by atoms with van der Waals surface area (Å²) < 4.78 is 0. The van der Waals surface area contributed by atoms with Gasteiger partial charge in [-0.15, -0.1) is 0 Å². The summed E-state index contributed by atoms with van der Waals surface area (Å²) in [7, 11) is 0. The highest BCUT2D eigenvalue weighted by atomic mass is 16.2. The number of nitrogens with zero attached hydrogens (tertiary/aromatic N) is 2. The zero-order valence-electron chi connectivity index (χ0n) is 25.5. The minimum Gasteiger partial charge on any atom is -0.368 e. The lowest BCUT2D eigenvalue weighted by atomic mass is 10.00. The van der Waals surface area contributed by atoms with Crippen molar-refractivity contribution in [3.63, 3.8) is 0 Å². The molecule has 1 aromatic heterocycles. The Labute approximate surface area is 265 Å². The van der Waals surface area contributed by atoms with Crippen LogP contribution in [0.5, 0.6) is 0 Å². The predicted octanol–water partition coefficient (Wildman–Crippen LogP) is 3.87. The first-order chi connectivity index (χ1) is 21.9. The Morgan fingerprint density at radius 3 is 2.00 bits per heavy atom. The zero-order valence-corrected chi connectivity index (χ0v) is 25.5. The molecular formula is C36H42N6O3. The van der Waals surface area contributed by atoms with Crippen LogP contribution < -0.4 is 22.1 Å². The Kier molecular flexibility index (Phi) is 12.7. The number of primary amides is 1. The molecule has 0 aliphatic rings. The lowest BCUT2D eigenvalue weighted by Gasteiger charge is -2.27. The second-order valence-corrected chi connectivity index (χ2v) is 11.0. The molecule has 4 aromatic rings. The fraction of sp³-hybridized carbons (Fsp3) is 0.278. The molecule has 0 bridgehead atoms. The van der Waals surface area contributed by atoms with E-state index in [1.807, 2.05) is 103 Å². The zero-order chi connectivity index (χ0) is 31.9. The van der Waals surface area contributed by atoms with Crippen LogP contribution in [0.25, 0.3) is 11.1 Å². The van der Waals surface area contributed by atoms with Crippen molar-refractivity contribution in [2.75, 3.05) is 19.6 Å². The number of carbonyl (C=O) groups excluding carboxylic acids is 3. The average Bonchev–Trinajstić information content (AvgIpc) is 3.07. The molecule has 0 saturated carbocycles. The summed E-state index contributed by atoms with van der Waals surface area (Å²) in [6.45, 7) is 1.22. The van der Waals surface area contributed by atoms with Crippen LogP contribution in [0.4, 0.5) is 4.79 Å². The number of hydrogen-bond acceptors (Lipinski definition) is 5. The summed E-state index contributed by atoms with van der Waals surface area (Å²) in [5.41, 5.74) is 16.2. The molecule has 9 heteroatoms. The Morgan fingerprint density at radius 1 is 0.711 bits per heavy atom.